The minimum atomic E-state index is -0.443. The lowest BCUT2D eigenvalue weighted by atomic mass is 10.2. The number of fused-ring (bicyclic) bond motifs is 1. The van der Waals surface area contributed by atoms with Gasteiger partial charge in [-0.25, -0.2) is 16.4 Å². The largest absolute Gasteiger partial charge is 0.462 e. The molecule has 3 aromatic rings. The third-order valence-electron chi connectivity index (χ3n) is 4.46. The number of pyridine rings is 1. The summed E-state index contributed by atoms with van der Waals surface area (Å²) < 4.78 is 8.74. The van der Waals surface area contributed by atoms with Crippen LogP contribution >= 0.6 is 0 Å². The summed E-state index contributed by atoms with van der Waals surface area (Å²) in [5.74, 6) is 0.251. The first-order valence-corrected chi connectivity index (χ1v) is 8.72. The lowest BCUT2D eigenvalue weighted by Gasteiger charge is -1.98. The summed E-state index contributed by atoms with van der Waals surface area (Å²) in [7, 11) is 0. The second kappa shape index (κ2) is 6.64. The molecule has 3 aromatic heterocycles. The molecule has 3 heterocycles. The number of hydrogen-bond acceptors (Lipinski definition) is 4. The van der Waals surface area contributed by atoms with Crippen molar-refractivity contribution in [1.29, 1.82) is 0 Å². The Morgan fingerprint density at radius 3 is 2.92 bits per heavy atom. The van der Waals surface area contributed by atoms with E-state index < -0.39 is 5.97 Å². The highest BCUT2D eigenvalue weighted by atomic mass is 16.5. The highest BCUT2D eigenvalue weighted by molar-refractivity contribution is 5.90. The van der Waals surface area contributed by atoms with Crippen molar-refractivity contribution < 1.29 is 9.53 Å². The second-order valence-corrected chi connectivity index (χ2v) is 6.46. The van der Waals surface area contributed by atoms with Crippen molar-refractivity contribution in [3.05, 3.63) is 64.7 Å². The van der Waals surface area contributed by atoms with Crippen LogP contribution in [0.25, 0.3) is 10.5 Å². The van der Waals surface area contributed by atoms with Crippen LogP contribution in [0.5, 0.6) is 0 Å². The van der Waals surface area contributed by atoms with E-state index in [9.17, 15) is 4.79 Å². The van der Waals surface area contributed by atoms with E-state index in [0.717, 1.165) is 11.3 Å². The summed E-state index contributed by atoms with van der Waals surface area (Å²) >= 11 is 0. The minimum absolute atomic E-state index is 0.0526. The molecule has 1 saturated carbocycles. The Bertz CT molecular complexity index is 1010. The van der Waals surface area contributed by atoms with E-state index >= 15 is 0 Å². The highest BCUT2D eigenvalue weighted by Crippen LogP contribution is 2.39. The molecule has 0 aliphatic heterocycles. The predicted molar refractivity (Wildman–Crippen MR) is 94.8 cm³/mol. The Labute approximate surface area is 151 Å². The molecule has 132 valence electrons. The van der Waals surface area contributed by atoms with E-state index in [1.165, 1.54) is 18.4 Å². The number of esters is 1. The maximum absolute atomic E-state index is 12.1. The molecular weight excluding hydrogens is 330 g/mol. The molecule has 0 amide bonds. The third-order valence-corrected chi connectivity index (χ3v) is 4.46. The fraction of sp³-hybridized carbons (Fsp3) is 0.368. The normalized spacial score (nSPS) is 13.7. The average molecular weight is 349 g/mol. The van der Waals surface area contributed by atoms with E-state index in [1.54, 1.807) is 17.8 Å². The van der Waals surface area contributed by atoms with Crippen LogP contribution in [0.15, 0.2) is 30.7 Å². The Morgan fingerprint density at radius 1 is 1.35 bits per heavy atom. The van der Waals surface area contributed by atoms with Gasteiger partial charge >= 0.3 is 5.97 Å². The van der Waals surface area contributed by atoms with Crippen molar-refractivity contribution in [1.82, 2.24) is 19.2 Å². The smallest absolute Gasteiger partial charge is 0.341 e. The predicted octanol–water partition coefficient (Wildman–Crippen LogP) is 3.05. The fourth-order valence-electron chi connectivity index (χ4n) is 3.08. The van der Waals surface area contributed by atoms with Gasteiger partial charge in [-0.15, -0.1) is 0 Å². The first-order chi connectivity index (χ1) is 12.7. The van der Waals surface area contributed by atoms with E-state index in [1.807, 2.05) is 16.7 Å². The lowest BCUT2D eigenvalue weighted by molar-refractivity contribution is 0.0525. The SMILES string of the molecule is [C-]#[N+]Cc1nn(Cc2cn3cc(C4CC4)ccc3n2)cc1C(=O)OCC. The fourth-order valence-corrected chi connectivity index (χ4v) is 3.08. The van der Waals surface area contributed by atoms with Crippen molar-refractivity contribution >= 4 is 11.6 Å². The average Bonchev–Trinajstić information content (AvgIpc) is 3.28. The van der Waals surface area contributed by atoms with Crippen LogP contribution in [-0.4, -0.2) is 31.7 Å². The van der Waals surface area contributed by atoms with Crippen molar-refractivity contribution in [2.24, 2.45) is 0 Å². The van der Waals surface area contributed by atoms with Gasteiger partial charge in [0.2, 0.25) is 0 Å². The molecule has 0 aromatic carbocycles. The quantitative estimate of drug-likeness (QED) is 0.507. The summed E-state index contributed by atoms with van der Waals surface area (Å²) in [6, 6.07) is 4.18. The highest BCUT2D eigenvalue weighted by Gasteiger charge is 2.24. The first kappa shape index (κ1) is 16.3. The molecule has 0 radical (unpaired) electrons. The van der Waals surface area contributed by atoms with E-state index in [2.05, 4.69) is 27.2 Å². The van der Waals surface area contributed by atoms with Gasteiger partial charge in [-0.2, -0.15) is 5.10 Å². The summed E-state index contributed by atoms with van der Waals surface area (Å²) in [6.45, 7) is 9.58. The molecule has 0 spiro atoms. The summed E-state index contributed by atoms with van der Waals surface area (Å²) in [4.78, 5) is 20.0. The van der Waals surface area contributed by atoms with Gasteiger partial charge in [-0.05, 0) is 37.3 Å². The van der Waals surface area contributed by atoms with Gasteiger partial charge in [0.05, 0.1) is 18.8 Å². The maximum Gasteiger partial charge on any atom is 0.341 e. The molecule has 26 heavy (non-hydrogen) atoms. The Kier molecular flexibility index (Phi) is 4.17. The van der Waals surface area contributed by atoms with Gasteiger partial charge in [0.25, 0.3) is 6.54 Å². The van der Waals surface area contributed by atoms with E-state index in [4.69, 9.17) is 11.3 Å². The molecule has 1 aliphatic rings. The number of carbonyl (C=O) groups is 1. The molecule has 0 unspecified atom stereocenters. The zero-order chi connectivity index (χ0) is 18.1. The topological polar surface area (TPSA) is 65.8 Å². The van der Waals surface area contributed by atoms with Crippen LogP contribution in [0.3, 0.4) is 0 Å². The molecule has 0 N–H and O–H groups in total. The number of imidazole rings is 1. The van der Waals surface area contributed by atoms with Crippen molar-refractivity contribution in [3.8, 4) is 0 Å². The number of ether oxygens (including phenoxy) is 1. The number of aromatic nitrogens is 4. The maximum atomic E-state index is 12.1. The van der Waals surface area contributed by atoms with Gasteiger partial charge < -0.3 is 14.0 Å². The van der Waals surface area contributed by atoms with Crippen LogP contribution in [-0.2, 0) is 17.8 Å². The monoisotopic (exact) mass is 349 g/mol. The van der Waals surface area contributed by atoms with Gasteiger partial charge in [0.1, 0.15) is 11.2 Å². The van der Waals surface area contributed by atoms with Crippen LogP contribution in [0.1, 0.15) is 53.0 Å². The third kappa shape index (κ3) is 3.18. The Hall–Kier alpha value is -3.14. The minimum Gasteiger partial charge on any atom is -0.462 e. The standard InChI is InChI=1S/C19H19N5O2/c1-3-26-19(25)16-12-24(22-17(16)8-20-2)11-15-10-23-9-14(13-4-5-13)6-7-18(23)21-15/h6-7,9-10,12-13H,3-5,8,11H2,1H3. The summed E-state index contributed by atoms with van der Waals surface area (Å²) in [5, 5.41) is 4.38. The van der Waals surface area contributed by atoms with Gasteiger partial charge in [-0.3, -0.25) is 4.68 Å². The first-order valence-electron chi connectivity index (χ1n) is 8.72. The number of nitrogens with zero attached hydrogens (tertiary/aromatic N) is 5. The molecule has 4 rings (SSSR count). The van der Waals surface area contributed by atoms with Crippen molar-refractivity contribution in [2.75, 3.05) is 6.61 Å². The molecule has 0 atom stereocenters. The van der Waals surface area contributed by atoms with Crippen LogP contribution in [0, 0.1) is 6.57 Å². The van der Waals surface area contributed by atoms with Crippen LogP contribution < -0.4 is 0 Å². The van der Waals surface area contributed by atoms with E-state index in [-0.39, 0.29) is 13.2 Å². The Balaban J connectivity index is 1.60. The number of carbonyl (C=O) groups excluding carboxylic acids is 1. The molecular formula is C19H19N5O2. The molecule has 0 bridgehead atoms. The van der Waals surface area contributed by atoms with Crippen molar-refractivity contribution in [3.63, 3.8) is 0 Å². The molecule has 0 saturated heterocycles. The van der Waals surface area contributed by atoms with Crippen LogP contribution in [0.2, 0.25) is 0 Å². The van der Waals surface area contributed by atoms with Gasteiger partial charge in [0, 0.05) is 18.6 Å². The van der Waals surface area contributed by atoms with Gasteiger partial charge in [0.15, 0.2) is 5.69 Å². The second-order valence-electron chi connectivity index (χ2n) is 6.46. The molecule has 1 aliphatic carbocycles. The Morgan fingerprint density at radius 2 is 2.19 bits per heavy atom. The van der Waals surface area contributed by atoms with E-state index in [0.29, 0.717) is 23.7 Å². The van der Waals surface area contributed by atoms with Gasteiger partial charge in [-0.1, -0.05) is 6.07 Å². The zero-order valence-electron chi connectivity index (χ0n) is 14.6. The molecule has 7 heteroatoms. The number of hydrogen-bond donors (Lipinski definition) is 0. The molecule has 1 fully saturated rings. The lowest BCUT2D eigenvalue weighted by Crippen LogP contribution is -2.06. The zero-order valence-corrected chi connectivity index (χ0v) is 14.6. The van der Waals surface area contributed by atoms with Crippen molar-refractivity contribution in [2.45, 2.75) is 38.8 Å². The summed E-state index contributed by atoms with van der Waals surface area (Å²) in [6.07, 6.45) is 8.29. The van der Waals surface area contributed by atoms with Crippen LogP contribution in [0.4, 0.5) is 0 Å². The molecule has 7 nitrogen and oxygen atoms in total. The number of rotatable bonds is 6. The summed E-state index contributed by atoms with van der Waals surface area (Å²) in [5.41, 5.74) is 3.89.